The van der Waals surface area contributed by atoms with Crippen molar-refractivity contribution in [1.29, 1.82) is 0 Å². The highest BCUT2D eigenvalue weighted by Crippen LogP contribution is 2.70. The third-order valence-corrected chi connectivity index (χ3v) is 16.3. The van der Waals surface area contributed by atoms with E-state index >= 15 is 0 Å². The van der Waals surface area contributed by atoms with Crippen LogP contribution in [0.15, 0.2) is 188 Å². The van der Waals surface area contributed by atoms with Gasteiger partial charge in [0.2, 0.25) is 0 Å². The standard InChI is InChI=1S/C62H52/c1-61(2)56-22-11-9-18-50(56)52-31-29-46(38-58(52)61)59(44-26-24-42(25-27-44)41-14-5-3-6-15-41)45-28-30-49(55(37-45)43-16-7-4-8-17-43)53-20-13-21-54-51-19-10-12-23-57(51)62(60(53)54)47-33-39-32-40(35-47)36-48(62)34-39/h3-31,37-40,47-48,59H,32-36H2,1-2H3/i4D,7D,8D,16D,17D. The molecule has 300 valence electrons. The summed E-state index contributed by atoms with van der Waals surface area (Å²) in [4.78, 5) is 0. The Kier molecular flexibility index (Phi) is 6.94. The summed E-state index contributed by atoms with van der Waals surface area (Å²) in [6, 6.07) is 56.4. The van der Waals surface area contributed by atoms with E-state index in [4.69, 9.17) is 4.11 Å². The SMILES string of the molecule is [2H]c1c([2H])c([2H])c(-c2cc(C(c3ccc(-c4ccccc4)cc3)c3ccc4c(c3)C(C)(C)c3ccccc3-4)ccc2-c2cccc3c2C2(c4ccccc4-3)C3CC4CC(C3)CC2C4)c([2H])c1[2H]. The van der Waals surface area contributed by atoms with Crippen molar-refractivity contribution in [2.24, 2.45) is 23.7 Å². The third-order valence-electron chi connectivity index (χ3n) is 16.3. The van der Waals surface area contributed by atoms with E-state index in [-0.39, 0.29) is 52.5 Å². The Hall–Kier alpha value is -6.24. The molecule has 0 radical (unpaired) electrons. The van der Waals surface area contributed by atoms with Crippen molar-refractivity contribution in [1.82, 2.24) is 0 Å². The van der Waals surface area contributed by atoms with Crippen LogP contribution in [-0.2, 0) is 10.8 Å². The predicted molar refractivity (Wildman–Crippen MR) is 257 cm³/mol. The van der Waals surface area contributed by atoms with Gasteiger partial charge in [0, 0.05) is 16.7 Å². The minimum atomic E-state index is -0.377. The lowest BCUT2D eigenvalue weighted by Gasteiger charge is -2.61. The fourth-order valence-corrected chi connectivity index (χ4v) is 14.0. The minimum Gasteiger partial charge on any atom is -0.0622 e. The molecule has 1 atom stereocenters. The molecule has 4 fully saturated rings. The van der Waals surface area contributed by atoms with Crippen LogP contribution in [-0.4, -0.2) is 0 Å². The van der Waals surface area contributed by atoms with E-state index in [2.05, 4.69) is 166 Å². The largest absolute Gasteiger partial charge is 0.0629 e. The van der Waals surface area contributed by atoms with Crippen LogP contribution in [0.2, 0.25) is 0 Å². The maximum absolute atomic E-state index is 9.54. The van der Waals surface area contributed by atoms with Crippen LogP contribution in [0.3, 0.4) is 0 Å². The van der Waals surface area contributed by atoms with Crippen molar-refractivity contribution in [3.8, 4) is 55.6 Å². The van der Waals surface area contributed by atoms with Gasteiger partial charge >= 0.3 is 0 Å². The van der Waals surface area contributed by atoms with E-state index in [9.17, 15) is 2.74 Å². The third kappa shape index (κ3) is 5.19. The second-order valence-corrected chi connectivity index (χ2v) is 19.6. The van der Waals surface area contributed by atoms with Gasteiger partial charge in [-0.05, 0) is 156 Å². The number of fused-ring (bicyclic) bond motifs is 6. The highest BCUT2D eigenvalue weighted by Gasteiger charge is 2.62. The van der Waals surface area contributed by atoms with Crippen molar-refractivity contribution in [2.45, 2.75) is 62.7 Å². The van der Waals surface area contributed by atoms with Gasteiger partial charge in [-0.25, -0.2) is 0 Å². The van der Waals surface area contributed by atoms with Crippen LogP contribution in [0, 0.1) is 23.7 Å². The van der Waals surface area contributed by atoms with Gasteiger partial charge in [-0.1, -0.05) is 196 Å². The molecule has 8 aromatic rings. The Balaban J connectivity index is 1.06. The summed E-state index contributed by atoms with van der Waals surface area (Å²) in [6.45, 7) is 4.65. The summed E-state index contributed by atoms with van der Waals surface area (Å²) < 4.78 is 45.7. The average Bonchev–Trinajstić information content (AvgIpc) is 3.78. The zero-order valence-corrected chi connectivity index (χ0v) is 35.4. The summed E-state index contributed by atoms with van der Waals surface area (Å²) >= 11 is 0. The van der Waals surface area contributed by atoms with E-state index in [1.807, 2.05) is 6.07 Å². The molecular formula is C62H52. The molecule has 0 heteroatoms. The molecule has 6 aliphatic carbocycles. The molecule has 0 N–H and O–H groups in total. The maximum atomic E-state index is 9.54. The maximum Gasteiger partial charge on any atom is 0.0629 e. The van der Waals surface area contributed by atoms with Gasteiger partial charge in [0.15, 0.2) is 0 Å². The Bertz CT molecular complexity index is 3290. The molecule has 0 heterocycles. The monoisotopic (exact) mass is 801 g/mol. The molecule has 8 aromatic carbocycles. The molecule has 0 amide bonds. The van der Waals surface area contributed by atoms with Gasteiger partial charge in [0.1, 0.15) is 0 Å². The number of hydrogen-bond acceptors (Lipinski definition) is 0. The average molecular weight is 802 g/mol. The molecule has 0 saturated heterocycles. The summed E-state index contributed by atoms with van der Waals surface area (Å²) in [5.41, 5.74) is 18.8. The normalized spacial score (nSPS) is 24.6. The van der Waals surface area contributed by atoms with Crippen LogP contribution < -0.4 is 0 Å². The highest BCUT2D eigenvalue weighted by molar-refractivity contribution is 5.94. The Morgan fingerprint density at radius 1 is 0.419 bits per heavy atom. The van der Waals surface area contributed by atoms with Crippen molar-refractivity contribution in [3.05, 3.63) is 227 Å². The lowest BCUT2D eigenvalue weighted by molar-refractivity contribution is -0.0397. The number of hydrogen-bond donors (Lipinski definition) is 0. The molecule has 0 nitrogen and oxygen atoms in total. The lowest BCUT2D eigenvalue weighted by Crippen LogP contribution is -2.55. The van der Waals surface area contributed by atoms with Crippen LogP contribution in [0.1, 0.15) is 97.7 Å². The fraction of sp³-hybridized carbons (Fsp3) is 0.226. The summed E-state index contributed by atoms with van der Waals surface area (Å²) in [5, 5.41) is 0. The molecular weight excluding hydrogens is 745 g/mol. The first-order valence-corrected chi connectivity index (χ1v) is 22.9. The van der Waals surface area contributed by atoms with Crippen LogP contribution in [0.25, 0.3) is 55.6 Å². The zero-order valence-electron chi connectivity index (χ0n) is 40.4. The molecule has 1 spiro atoms. The van der Waals surface area contributed by atoms with E-state index < -0.39 is 0 Å². The van der Waals surface area contributed by atoms with Crippen LogP contribution in [0.5, 0.6) is 0 Å². The summed E-state index contributed by atoms with van der Waals surface area (Å²) in [7, 11) is 0. The van der Waals surface area contributed by atoms with Crippen molar-refractivity contribution in [3.63, 3.8) is 0 Å². The van der Waals surface area contributed by atoms with Gasteiger partial charge in [-0.15, -0.1) is 0 Å². The summed E-state index contributed by atoms with van der Waals surface area (Å²) in [6.07, 6.45) is 6.36. The minimum absolute atomic E-state index is 0.135. The molecule has 0 aliphatic heterocycles. The second kappa shape index (κ2) is 13.6. The molecule has 4 bridgehead atoms. The van der Waals surface area contributed by atoms with Crippen LogP contribution >= 0.6 is 0 Å². The molecule has 14 rings (SSSR count). The van der Waals surface area contributed by atoms with Gasteiger partial charge in [0.05, 0.1) is 6.85 Å². The van der Waals surface area contributed by atoms with Crippen LogP contribution in [0.4, 0.5) is 0 Å². The van der Waals surface area contributed by atoms with Crippen molar-refractivity contribution < 1.29 is 6.85 Å². The first kappa shape index (κ1) is 31.6. The lowest BCUT2D eigenvalue weighted by atomic mass is 9.42. The second-order valence-electron chi connectivity index (χ2n) is 19.6. The first-order valence-electron chi connectivity index (χ1n) is 25.4. The van der Waals surface area contributed by atoms with E-state index in [1.165, 1.54) is 76.6 Å². The van der Waals surface area contributed by atoms with E-state index in [1.54, 1.807) is 0 Å². The fourth-order valence-electron chi connectivity index (χ4n) is 14.0. The summed E-state index contributed by atoms with van der Waals surface area (Å²) in [5.74, 6) is 2.42. The topological polar surface area (TPSA) is 0 Å². The quantitative estimate of drug-likeness (QED) is 0.147. The predicted octanol–water partition coefficient (Wildman–Crippen LogP) is 15.9. The van der Waals surface area contributed by atoms with E-state index in [0.717, 1.165) is 50.8 Å². The van der Waals surface area contributed by atoms with Gasteiger partial charge in [0.25, 0.3) is 0 Å². The first-order chi connectivity index (χ1) is 32.5. The van der Waals surface area contributed by atoms with Crippen molar-refractivity contribution >= 4 is 0 Å². The van der Waals surface area contributed by atoms with Gasteiger partial charge in [-0.2, -0.15) is 0 Å². The Morgan fingerprint density at radius 3 is 1.66 bits per heavy atom. The van der Waals surface area contributed by atoms with Crippen molar-refractivity contribution in [2.75, 3.05) is 0 Å². The van der Waals surface area contributed by atoms with E-state index in [0.29, 0.717) is 17.4 Å². The Morgan fingerprint density at radius 2 is 0.952 bits per heavy atom. The van der Waals surface area contributed by atoms with Gasteiger partial charge in [-0.3, -0.25) is 0 Å². The molecule has 4 saturated carbocycles. The van der Waals surface area contributed by atoms with Gasteiger partial charge < -0.3 is 0 Å². The molecule has 0 aromatic heterocycles. The smallest absolute Gasteiger partial charge is 0.0622 e. The number of benzene rings is 8. The number of rotatable bonds is 6. The Labute approximate surface area is 374 Å². The zero-order chi connectivity index (χ0) is 45.5. The molecule has 6 aliphatic rings. The highest BCUT2D eigenvalue weighted by atomic mass is 14.6. The molecule has 1 unspecified atom stereocenters. The molecule has 62 heavy (non-hydrogen) atoms.